The van der Waals surface area contributed by atoms with Crippen LogP contribution in [0.4, 0.5) is 0 Å². The van der Waals surface area contributed by atoms with Gasteiger partial charge in [-0.15, -0.1) is 12.4 Å². The van der Waals surface area contributed by atoms with Gasteiger partial charge in [-0.3, -0.25) is 4.79 Å². The SMILES string of the molecule is CCc1ccc(C(C)(C)C(=O)NCC2=CCNCC2)cc1.Cl. The summed E-state index contributed by atoms with van der Waals surface area (Å²) in [4.78, 5) is 12.5. The van der Waals surface area contributed by atoms with Crippen LogP contribution in [0, 0.1) is 0 Å². The minimum absolute atomic E-state index is 0. The lowest BCUT2D eigenvalue weighted by Crippen LogP contribution is -2.41. The summed E-state index contributed by atoms with van der Waals surface area (Å²) in [5.41, 5.74) is 3.19. The van der Waals surface area contributed by atoms with E-state index in [2.05, 4.69) is 47.9 Å². The number of hydrogen-bond acceptors (Lipinski definition) is 2. The van der Waals surface area contributed by atoms with Gasteiger partial charge in [-0.2, -0.15) is 0 Å². The number of aryl methyl sites for hydroxylation is 1. The van der Waals surface area contributed by atoms with Crippen LogP contribution in [-0.2, 0) is 16.6 Å². The van der Waals surface area contributed by atoms with E-state index in [0.29, 0.717) is 6.54 Å². The highest BCUT2D eigenvalue weighted by molar-refractivity contribution is 5.87. The van der Waals surface area contributed by atoms with Gasteiger partial charge >= 0.3 is 0 Å². The van der Waals surface area contributed by atoms with Crippen molar-refractivity contribution >= 4 is 18.3 Å². The molecule has 1 aliphatic heterocycles. The first-order chi connectivity index (χ1) is 10.0. The number of carbonyl (C=O) groups is 1. The van der Waals surface area contributed by atoms with Gasteiger partial charge in [0.25, 0.3) is 0 Å². The van der Waals surface area contributed by atoms with Gasteiger partial charge in [-0.05, 0) is 44.4 Å². The summed E-state index contributed by atoms with van der Waals surface area (Å²) >= 11 is 0. The number of benzene rings is 1. The van der Waals surface area contributed by atoms with E-state index in [9.17, 15) is 4.79 Å². The molecule has 1 aromatic rings. The minimum Gasteiger partial charge on any atom is -0.352 e. The molecule has 1 aliphatic rings. The molecule has 122 valence electrons. The zero-order valence-electron chi connectivity index (χ0n) is 13.7. The van der Waals surface area contributed by atoms with Crippen LogP contribution >= 0.6 is 12.4 Å². The Labute approximate surface area is 140 Å². The molecule has 2 rings (SSSR count). The van der Waals surface area contributed by atoms with E-state index in [0.717, 1.165) is 31.5 Å². The molecule has 0 radical (unpaired) electrons. The molecule has 0 saturated heterocycles. The average molecular weight is 323 g/mol. The molecule has 1 aromatic carbocycles. The van der Waals surface area contributed by atoms with Crippen molar-refractivity contribution in [3.05, 3.63) is 47.0 Å². The van der Waals surface area contributed by atoms with Crippen LogP contribution in [0.1, 0.15) is 38.3 Å². The zero-order chi connectivity index (χ0) is 15.3. The molecule has 22 heavy (non-hydrogen) atoms. The molecule has 0 saturated carbocycles. The van der Waals surface area contributed by atoms with Gasteiger partial charge in [0.2, 0.25) is 5.91 Å². The lowest BCUT2D eigenvalue weighted by atomic mass is 9.83. The Kier molecular flexibility index (Phi) is 7.11. The quantitative estimate of drug-likeness (QED) is 0.818. The van der Waals surface area contributed by atoms with Crippen molar-refractivity contribution in [3.8, 4) is 0 Å². The fourth-order valence-corrected chi connectivity index (χ4v) is 2.53. The van der Waals surface area contributed by atoms with E-state index >= 15 is 0 Å². The van der Waals surface area contributed by atoms with Gasteiger partial charge in [0, 0.05) is 13.1 Å². The Bertz CT molecular complexity index is 520. The summed E-state index contributed by atoms with van der Waals surface area (Å²) in [5, 5.41) is 6.36. The predicted octanol–water partition coefficient (Wildman–Crippen LogP) is 2.98. The van der Waals surface area contributed by atoms with Gasteiger partial charge < -0.3 is 10.6 Å². The number of halogens is 1. The Morgan fingerprint density at radius 3 is 2.50 bits per heavy atom. The van der Waals surface area contributed by atoms with Crippen molar-refractivity contribution < 1.29 is 4.79 Å². The summed E-state index contributed by atoms with van der Waals surface area (Å²) in [6.07, 6.45) is 4.22. The second-order valence-corrected chi connectivity index (χ2v) is 6.17. The van der Waals surface area contributed by atoms with E-state index in [-0.39, 0.29) is 18.3 Å². The maximum Gasteiger partial charge on any atom is 0.230 e. The first kappa shape index (κ1) is 18.7. The fraction of sp³-hybridized carbons (Fsp3) is 0.500. The molecule has 0 fully saturated rings. The van der Waals surface area contributed by atoms with Crippen LogP contribution < -0.4 is 10.6 Å². The third-order valence-electron chi connectivity index (χ3n) is 4.29. The predicted molar refractivity (Wildman–Crippen MR) is 94.7 cm³/mol. The van der Waals surface area contributed by atoms with Crippen molar-refractivity contribution in [1.82, 2.24) is 10.6 Å². The smallest absolute Gasteiger partial charge is 0.230 e. The topological polar surface area (TPSA) is 41.1 Å². The summed E-state index contributed by atoms with van der Waals surface area (Å²) in [6, 6.07) is 8.36. The highest BCUT2D eigenvalue weighted by Crippen LogP contribution is 2.24. The second-order valence-electron chi connectivity index (χ2n) is 6.17. The van der Waals surface area contributed by atoms with E-state index in [4.69, 9.17) is 0 Å². The van der Waals surface area contributed by atoms with E-state index < -0.39 is 5.41 Å². The van der Waals surface area contributed by atoms with Crippen LogP contribution in [0.15, 0.2) is 35.9 Å². The van der Waals surface area contributed by atoms with E-state index in [1.807, 2.05) is 13.8 Å². The lowest BCUT2D eigenvalue weighted by Gasteiger charge is -2.25. The molecular formula is C18H27ClN2O. The third-order valence-corrected chi connectivity index (χ3v) is 4.29. The van der Waals surface area contributed by atoms with E-state index in [1.165, 1.54) is 11.1 Å². The first-order valence-electron chi connectivity index (χ1n) is 7.80. The lowest BCUT2D eigenvalue weighted by molar-refractivity contribution is -0.125. The minimum atomic E-state index is -0.500. The Hall–Kier alpha value is -1.32. The van der Waals surface area contributed by atoms with Gasteiger partial charge in [-0.1, -0.05) is 42.8 Å². The normalized spacial score (nSPS) is 14.8. The van der Waals surface area contributed by atoms with Crippen molar-refractivity contribution in [2.75, 3.05) is 19.6 Å². The third kappa shape index (κ3) is 4.59. The average Bonchev–Trinajstić information content (AvgIpc) is 2.53. The molecule has 0 unspecified atom stereocenters. The largest absolute Gasteiger partial charge is 0.352 e. The Morgan fingerprint density at radius 1 is 1.27 bits per heavy atom. The molecular weight excluding hydrogens is 296 g/mol. The van der Waals surface area contributed by atoms with E-state index in [1.54, 1.807) is 0 Å². The van der Waals surface area contributed by atoms with Crippen LogP contribution in [0.2, 0.25) is 0 Å². The van der Waals surface area contributed by atoms with Crippen molar-refractivity contribution in [1.29, 1.82) is 0 Å². The second kappa shape index (κ2) is 8.35. The molecule has 0 aliphatic carbocycles. The molecule has 4 heteroatoms. The van der Waals surface area contributed by atoms with Crippen molar-refractivity contribution in [2.45, 2.75) is 39.0 Å². The molecule has 3 nitrogen and oxygen atoms in total. The summed E-state index contributed by atoms with van der Waals surface area (Å²) < 4.78 is 0. The maximum atomic E-state index is 12.5. The van der Waals surface area contributed by atoms with Crippen LogP contribution in [0.25, 0.3) is 0 Å². The zero-order valence-corrected chi connectivity index (χ0v) is 14.6. The van der Waals surface area contributed by atoms with Crippen molar-refractivity contribution in [3.63, 3.8) is 0 Å². The molecule has 0 aromatic heterocycles. The highest BCUT2D eigenvalue weighted by atomic mass is 35.5. The van der Waals surface area contributed by atoms with Crippen LogP contribution in [-0.4, -0.2) is 25.5 Å². The molecule has 0 spiro atoms. The molecule has 2 N–H and O–H groups in total. The van der Waals surface area contributed by atoms with Gasteiger partial charge in [0.05, 0.1) is 5.41 Å². The molecule has 1 heterocycles. The summed E-state index contributed by atoms with van der Waals surface area (Å²) in [5.74, 6) is 0.0891. The Balaban J connectivity index is 0.00000242. The summed E-state index contributed by atoms with van der Waals surface area (Å²) in [6.45, 7) is 8.69. The monoisotopic (exact) mass is 322 g/mol. The van der Waals surface area contributed by atoms with Gasteiger partial charge in [0.15, 0.2) is 0 Å². The number of amides is 1. The Morgan fingerprint density at radius 2 is 1.95 bits per heavy atom. The molecule has 0 bridgehead atoms. The number of hydrogen-bond donors (Lipinski definition) is 2. The number of nitrogens with one attached hydrogen (secondary N) is 2. The summed E-state index contributed by atoms with van der Waals surface area (Å²) in [7, 11) is 0. The number of rotatable bonds is 5. The van der Waals surface area contributed by atoms with Crippen LogP contribution in [0.5, 0.6) is 0 Å². The number of carbonyl (C=O) groups excluding carboxylic acids is 1. The van der Waals surface area contributed by atoms with Gasteiger partial charge in [0.1, 0.15) is 0 Å². The standard InChI is InChI=1S/C18H26N2O.ClH/c1-4-14-5-7-16(8-6-14)18(2,3)17(21)20-13-15-9-11-19-12-10-15;/h5-9,19H,4,10-13H2,1-3H3,(H,20,21);1H. The molecule has 0 atom stereocenters. The fourth-order valence-electron chi connectivity index (χ4n) is 2.53. The van der Waals surface area contributed by atoms with Gasteiger partial charge in [-0.25, -0.2) is 0 Å². The van der Waals surface area contributed by atoms with Crippen molar-refractivity contribution in [2.24, 2.45) is 0 Å². The molecule has 1 amide bonds. The van der Waals surface area contributed by atoms with Crippen LogP contribution in [0.3, 0.4) is 0 Å². The maximum absolute atomic E-state index is 12.5. The highest BCUT2D eigenvalue weighted by Gasteiger charge is 2.29. The first-order valence-corrected chi connectivity index (χ1v) is 7.80.